The number of esters is 1. The second-order valence-electron chi connectivity index (χ2n) is 3.96. The molecule has 2 saturated carbocycles. The second kappa shape index (κ2) is 11.3. The van der Waals surface area contributed by atoms with Crippen molar-refractivity contribution in [3.63, 3.8) is 0 Å². The molecule has 3 nitrogen and oxygen atoms in total. The molecule has 2 aliphatic rings. The van der Waals surface area contributed by atoms with Crippen LogP contribution in [0, 0.1) is 63.2 Å². The molecule has 2 aliphatic carbocycles. The van der Waals surface area contributed by atoms with Crippen LogP contribution in [0.3, 0.4) is 0 Å². The number of ketones is 1. The average Bonchev–Trinajstić information content (AvgIpc) is 3.02. The first kappa shape index (κ1) is 19.7. The molecule has 0 N–H and O–H groups in total. The third-order valence-electron chi connectivity index (χ3n) is 2.48. The van der Waals surface area contributed by atoms with Crippen molar-refractivity contribution >= 4 is 11.8 Å². The quantitative estimate of drug-likeness (QED) is 0.591. The summed E-state index contributed by atoms with van der Waals surface area (Å²) in [5.74, 6) is 1.05. The van der Waals surface area contributed by atoms with E-state index in [1.165, 1.54) is 6.92 Å². The second-order valence-corrected chi connectivity index (χ2v) is 3.96. The Labute approximate surface area is 133 Å². The van der Waals surface area contributed by atoms with Crippen LogP contribution >= 0.6 is 0 Å². The first-order chi connectivity index (χ1) is 9.15. The van der Waals surface area contributed by atoms with Gasteiger partial charge >= 0.3 is 5.97 Å². The van der Waals surface area contributed by atoms with Crippen molar-refractivity contribution in [2.45, 2.75) is 20.3 Å². The summed E-state index contributed by atoms with van der Waals surface area (Å²) in [5.41, 5.74) is 0. The third kappa shape index (κ3) is 7.44. The number of hydrogen-bond donors (Lipinski definition) is 0. The molecule has 108 valence electrons. The number of Topliss-reactive ketones (excluding diaryl/α,β-unsaturated/α-hetero) is 1. The van der Waals surface area contributed by atoms with Crippen molar-refractivity contribution in [1.29, 1.82) is 0 Å². The van der Waals surface area contributed by atoms with E-state index in [-0.39, 0.29) is 35.2 Å². The van der Waals surface area contributed by atoms with Gasteiger partial charge in [0, 0.05) is 23.0 Å². The van der Waals surface area contributed by atoms with Crippen LogP contribution < -0.4 is 0 Å². The number of hydrogen-bond acceptors (Lipinski definition) is 3. The number of carbonyl (C=O) groups excluding carboxylic acids is 2. The molecule has 10 radical (unpaired) electrons. The number of carbonyl (C=O) groups is 2. The van der Waals surface area contributed by atoms with Gasteiger partial charge in [-0.25, -0.2) is 0 Å². The molecule has 20 heavy (non-hydrogen) atoms. The summed E-state index contributed by atoms with van der Waals surface area (Å²) in [4.78, 5) is 22.3. The zero-order chi connectivity index (χ0) is 14.1. The third-order valence-corrected chi connectivity index (χ3v) is 2.48. The summed E-state index contributed by atoms with van der Waals surface area (Å²) in [6.45, 7) is 3.62. The minimum Gasteiger partial charge on any atom is -0.466 e. The largest absolute Gasteiger partial charge is 0.466 e. The van der Waals surface area contributed by atoms with Crippen LogP contribution in [0.15, 0.2) is 0 Å². The standard InChI is InChI=1S/C11H13O3.C5H5.Fe/c1-3-14-11(13)7-9-5-4-6-10(9)8(2)12;1-2-4-5-3-1;/h4-6H,3,7H2,1-2H3;1-5H;. The molecule has 0 atom stereocenters. The zero-order valence-corrected chi connectivity index (χ0v) is 12.7. The topological polar surface area (TPSA) is 43.4 Å². The Morgan fingerprint density at radius 2 is 1.55 bits per heavy atom. The summed E-state index contributed by atoms with van der Waals surface area (Å²) in [6.07, 6.45) is 15.4. The van der Waals surface area contributed by atoms with Gasteiger partial charge in [0.15, 0.2) is 0 Å². The normalized spacial score (nSPS) is 18.9. The van der Waals surface area contributed by atoms with Crippen molar-refractivity contribution in [1.82, 2.24) is 0 Å². The maximum absolute atomic E-state index is 11.2. The number of ether oxygens (including phenoxy) is 1. The van der Waals surface area contributed by atoms with Crippen molar-refractivity contribution in [2.24, 2.45) is 0 Å². The van der Waals surface area contributed by atoms with Gasteiger partial charge in [-0.2, -0.15) is 0 Å². The minimum atomic E-state index is -0.291. The first-order valence-electron chi connectivity index (χ1n) is 6.23. The van der Waals surface area contributed by atoms with Gasteiger partial charge in [0.2, 0.25) is 0 Å². The van der Waals surface area contributed by atoms with Crippen LogP contribution in [0.5, 0.6) is 0 Å². The van der Waals surface area contributed by atoms with Crippen LogP contribution in [0.2, 0.25) is 0 Å². The molecular weight excluding hydrogens is 296 g/mol. The Bertz CT molecular complexity index is 280. The van der Waals surface area contributed by atoms with Crippen LogP contribution in [-0.4, -0.2) is 18.4 Å². The van der Waals surface area contributed by atoms with Gasteiger partial charge in [-0.1, -0.05) is 0 Å². The van der Waals surface area contributed by atoms with Crippen LogP contribution in [0.4, 0.5) is 0 Å². The molecule has 0 aromatic heterocycles. The van der Waals surface area contributed by atoms with E-state index in [9.17, 15) is 9.59 Å². The summed E-state index contributed by atoms with van der Waals surface area (Å²) in [5, 5.41) is 0. The predicted molar refractivity (Wildman–Crippen MR) is 72.8 cm³/mol. The van der Waals surface area contributed by atoms with Crippen molar-refractivity contribution in [2.75, 3.05) is 6.61 Å². The fourth-order valence-corrected chi connectivity index (χ4v) is 1.64. The zero-order valence-electron chi connectivity index (χ0n) is 11.6. The van der Waals surface area contributed by atoms with Gasteiger partial charge in [-0.3, -0.25) is 9.59 Å². The molecule has 0 aliphatic heterocycles. The van der Waals surface area contributed by atoms with Gasteiger partial charge in [0.05, 0.1) is 18.9 Å². The molecule has 0 amide bonds. The molecule has 0 aromatic rings. The SMILES string of the molecule is CCOC(=O)C[C]1[CH][CH][CH][C]1C(C)=O.[CH]1[CH][CH][CH][CH]1.[Fe]. The van der Waals surface area contributed by atoms with Crippen molar-refractivity contribution in [3.05, 3.63) is 63.2 Å². The Kier molecular flexibility index (Phi) is 11.1. The van der Waals surface area contributed by atoms with Gasteiger partial charge in [-0.15, -0.1) is 0 Å². The Hall–Kier alpha value is -0.341. The van der Waals surface area contributed by atoms with E-state index in [1.54, 1.807) is 26.2 Å². The van der Waals surface area contributed by atoms with E-state index in [0.29, 0.717) is 12.5 Å². The first-order valence-corrected chi connectivity index (χ1v) is 6.23. The van der Waals surface area contributed by atoms with E-state index in [0.717, 1.165) is 5.92 Å². The molecule has 4 heteroatoms. The summed E-state index contributed by atoms with van der Waals surface area (Å²) >= 11 is 0. The monoisotopic (exact) mass is 314 g/mol. The number of rotatable bonds is 4. The molecule has 0 bridgehead atoms. The van der Waals surface area contributed by atoms with Gasteiger partial charge in [0.1, 0.15) is 5.78 Å². The van der Waals surface area contributed by atoms with E-state index in [1.807, 2.05) is 32.1 Å². The molecule has 2 rings (SSSR count). The minimum absolute atomic E-state index is 0. The van der Waals surface area contributed by atoms with Gasteiger partial charge < -0.3 is 4.74 Å². The fraction of sp³-hybridized carbons (Fsp3) is 0.250. The molecule has 0 unspecified atom stereocenters. The Morgan fingerprint density at radius 1 is 1.00 bits per heavy atom. The van der Waals surface area contributed by atoms with E-state index in [4.69, 9.17) is 4.74 Å². The van der Waals surface area contributed by atoms with Crippen LogP contribution in [0.25, 0.3) is 0 Å². The molecule has 0 heterocycles. The maximum atomic E-state index is 11.2. The van der Waals surface area contributed by atoms with Gasteiger partial charge in [0.25, 0.3) is 0 Å². The molecule has 0 aromatic carbocycles. The fourth-order valence-electron chi connectivity index (χ4n) is 1.64. The summed E-state index contributed by atoms with van der Waals surface area (Å²) in [6, 6.07) is 0. The van der Waals surface area contributed by atoms with E-state index < -0.39 is 0 Å². The summed E-state index contributed by atoms with van der Waals surface area (Å²) in [7, 11) is 0. The predicted octanol–water partition coefficient (Wildman–Crippen LogP) is 2.32. The maximum Gasteiger partial charge on any atom is 0.306 e. The Balaban J connectivity index is 0.000000507. The molecule has 0 saturated heterocycles. The average molecular weight is 314 g/mol. The van der Waals surface area contributed by atoms with E-state index in [2.05, 4.69) is 0 Å². The van der Waals surface area contributed by atoms with Gasteiger partial charge in [-0.05, 0) is 65.2 Å². The molecule has 2 fully saturated rings. The van der Waals surface area contributed by atoms with Crippen LogP contribution in [-0.2, 0) is 31.4 Å². The van der Waals surface area contributed by atoms with Crippen LogP contribution in [0.1, 0.15) is 20.3 Å². The molecule has 0 spiro atoms. The smallest absolute Gasteiger partial charge is 0.306 e. The molecular formula is C16H18FeO3. The van der Waals surface area contributed by atoms with E-state index >= 15 is 0 Å². The van der Waals surface area contributed by atoms with Crippen molar-refractivity contribution in [3.8, 4) is 0 Å². The summed E-state index contributed by atoms with van der Waals surface area (Å²) < 4.78 is 4.80. The Morgan fingerprint density at radius 3 is 2.00 bits per heavy atom. The van der Waals surface area contributed by atoms with Crippen molar-refractivity contribution < 1.29 is 31.4 Å².